The molecule has 0 bridgehead atoms. The number of rotatable bonds is 5. The summed E-state index contributed by atoms with van der Waals surface area (Å²) in [5, 5.41) is 18.2. The van der Waals surface area contributed by atoms with Crippen LogP contribution < -0.4 is 10.5 Å². The molecule has 0 aliphatic rings. The van der Waals surface area contributed by atoms with E-state index in [0.717, 1.165) is 6.07 Å². The first kappa shape index (κ1) is 13.2. The largest absolute Gasteiger partial charge is 0.504 e. The van der Waals surface area contributed by atoms with E-state index in [4.69, 9.17) is 15.6 Å². The second kappa shape index (κ2) is 5.49. The van der Waals surface area contributed by atoms with Crippen molar-refractivity contribution in [2.45, 2.75) is 18.9 Å². The number of carbonyl (C=O) groups is 1. The van der Waals surface area contributed by atoms with E-state index >= 15 is 0 Å². The minimum atomic E-state index is -0.978. The van der Waals surface area contributed by atoms with Gasteiger partial charge in [-0.25, -0.2) is 4.39 Å². The van der Waals surface area contributed by atoms with Gasteiger partial charge >= 0.3 is 5.97 Å². The molecular formula is C11H14FNO4. The van der Waals surface area contributed by atoms with E-state index in [2.05, 4.69) is 0 Å². The van der Waals surface area contributed by atoms with Crippen molar-refractivity contribution in [3.05, 3.63) is 23.5 Å². The summed E-state index contributed by atoms with van der Waals surface area (Å²) in [5.41, 5.74) is 5.98. The fourth-order valence-electron chi connectivity index (χ4n) is 1.49. The highest BCUT2D eigenvalue weighted by Crippen LogP contribution is 2.36. The van der Waals surface area contributed by atoms with Gasteiger partial charge in [-0.05, 0) is 12.5 Å². The number of aliphatic carboxylic acids is 1. The maximum Gasteiger partial charge on any atom is 0.303 e. The average molecular weight is 243 g/mol. The van der Waals surface area contributed by atoms with Crippen molar-refractivity contribution >= 4 is 5.97 Å². The number of halogens is 1. The fraction of sp³-hybridized carbons (Fsp3) is 0.364. The highest BCUT2D eigenvalue weighted by molar-refractivity contribution is 5.66. The number of benzene rings is 1. The topological polar surface area (TPSA) is 92.8 Å². The van der Waals surface area contributed by atoms with Gasteiger partial charge in [0.05, 0.1) is 7.11 Å². The second-order valence-electron chi connectivity index (χ2n) is 3.56. The second-order valence-corrected chi connectivity index (χ2v) is 3.56. The van der Waals surface area contributed by atoms with Gasteiger partial charge in [-0.15, -0.1) is 0 Å². The van der Waals surface area contributed by atoms with Gasteiger partial charge in [0.15, 0.2) is 17.3 Å². The van der Waals surface area contributed by atoms with Gasteiger partial charge in [0.25, 0.3) is 0 Å². The summed E-state index contributed by atoms with van der Waals surface area (Å²) >= 11 is 0. The van der Waals surface area contributed by atoms with Crippen molar-refractivity contribution in [3.8, 4) is 11.5 Å². The Labute approximate surface area is 97.6 Å². The summed E-state index contributed by atoms with van der Waals surface area (Å²) < 4.78 is 17.9. The Bertz CT molecular complexity index is 422. The summed E-state index contributed by atoms with van der Waals surface area (Å²) in [6.07, 6.45) is 0.0258. The lowest BCUT2D eigenvalue weighted by Gasteiger charge is -2.15. The molecule has 0 amide bonds. The molecule has 1 aromatic rings. The van der Waals surface area contributed by atoms with Crippen LogP contribution in [0.2, 0.25) is 0 Å². The van der Waals surface area contributed by atoms with Gasteiger partial charge in [0.1, 0.15) is 0 Å². The predicted molar refractivity (Wildman–Crippen MR) is 58.4 cm³/mol. The monoisotopic (exact) mass is 243 g/mol. The molecule has 0 fully saturated rings. The molecule has 0 spiro atoms. The Hall–Kier alpha value is -1.82. The quantitative estimate of drug-likeness (QED) is 0.727. The molecule has 0 saturated heterocycles. The van der Waals surface area contributed by atoms with Crippen LogP contribution in [0.25, 0.3) is 0 Å². The van der Waals surface area contributed by atoms with Gasteiger partial charge < -0.3 is 20.7 Å². The van der Waals surface area contributed by atoms with Crippen molar-refractivity contribution in [3.63, 3.8) is 0 Å². The summed E-state index contributed by atoms with van der Waals surface area (Å²) in [6, 6.07) is 1.76. The lowest BCUT2D eigenvalue weighted by Crippen LogP contribution is -2.13. The van der Waals surface area contributed by atoms with Crippen LogP contribution in [0, 0.1) is 5.82 Å². The third kappa shape index (κ3) is 3.07. The van der Waals surface area contributed by atoms with Crippen LogP contribution in [-0.4, -0.2) is 23.3 Å². The number of carboxylic acids is 1. The van der Waals surface area contributed by atoms with E-state index in [-0.39, 0.29) is 29.9 Å². The van der Waals surface area contributed by atoms with Gasteiger partial charge in [-0.3, -0.25) is 4.79 Å². The van der Waals surface area contributed by atoms with Crippen molar-refractivity contribution in [1.29, 1.82) is 0 Å². The molecule has 0 saturated carbocycles. The zero-order valence-electron chi connectivity index (χ0n) is 9.31. The zero-order chi connectivity index (χ0) is 13.0. The number of phenolic OH excluding ortho intramolecular Hbond substituents is 1. The lowest BCUT2D eigenvalue weighted by atomic mass is 10.0. The summed E-state index contributed by atoms with van der Waals surface area (Å²) in [5.74, 6) is -2.34. The minimum Gasteiger partial charge on any atom is -0.504 e. The van der Waals surface area contributed by atoms with Gasteiger partial charge in [-0.2, -0.15) is 0 Å². The van der Waals surface area contributed by atoms with E-state index < -0.39 is 17.8 Å². The van der Waals surface area contributed by atoms with Crippen LogP contribution in [0.5, 0.6) is 11.5 Å². The van der Waals surface area contributed by atoms with Crippen molar-refractivity contribution in [2.75, 3.05) is 7.11 Å². The third-order valence-electron chi connectivity index (χ3n) is 2.39. The molecule has 0 aliphatic heterocycles. The van der Waals surface area contributed by atoms with Crippen LogP contribution in [0.15, 0.2) is 12.1 Å². The minimum absolute atomic E-state index is 0.125. The summed E-state index contributed by atoms with van der Waals surface area (Å²) in [6.45, 7) is 0. The third-order valence-corrected chi connectivity index (χ3v) is 2.39. The Morgan fingerprint density at radius 1 is 1.59 bits per heavy atom. The lowest BCUT2D eigenvalue weighted by molar-refractivity contribution is -0.137. The molecule has 4 N–H and O–H groups in total. The Morgan fingerprint density at radius 3 is 2.76 bits per heavy atom. The molecule has 0 radical (unpaired) electrons. The predicted octanol–water partition coefficient (Wildman–Crippen LogP) is 1.40. The molecule has 0 heterocycles. The van der Waals surface area contributed by atoms with Crippen LogP contribution in [0.4, 0.5) is 4.39 Å². The first-order valence-corrected chi connectivity index (χ1v) is 5.00. The maximum atomic E-state index is 13.2. The van der Waals surface area contributed by atoms with E-state index in [1.165, 1.54) is 13.2 Å². The first-order valence-electron chi connectivity index (χ1n) is 5.00. The molecule has 1 unspecified atom stereocenters. The average Bonchev–Trinajstić information content (AvgIpc) is 2.26. The normalized spacial score (nSPS) is 12.2. The SMILES string of the molecule is COc1c(F)ccc(C(N)CCC(=O)O)c1O. The molecule has 6 heteroatoms. The maximum absolute atomic E-state index is 13.2. The van der Waals surface area contributed by atoms with Crippen molar-refractivity contribution < 1.29 is 24.1 Å². The number of aromatic hydroxyl groups is 1. The summed E-state index contributed by atoms with van der Waals surface area (Å²) in [7, 11) is 1.23. The highest BCUT2D eigenvalue weighted by atomic mass is 19.1. The molecule has 0 aliphatic carbocycles. The molecule has 1 rings (SSSR count). The molecule has 1 atom stereocenters. The molecule has 94 valence electrons. The van der Waals surface area contributed by atoms with Crippen molar-refractivity contribution in [2.24, 2.45) is 5.73 Å². The zero-order valence-corrected chi connectivity index (χ0v) is 9.31. The number of phenols is 1. The number of hydrogen-bond acceptors (Lipinski definition) is 4. The highest BCUT2D eigenvalue weighted by Gasteiger charge is 2.18. The van der Waals surface area contributed by atoms with Gasteiger partial charge in [-0.1, -0.05) is 6.07 Å². The summed E-state index contributed by atoms with van der Waals surface area (Å²) in [4.78, 5) is 10.4. The Balaban J connectivity index is 2.94. The molecule has 1 aromatic carbocycles. The fourth-order valence-corrected chi connectivity index (χ4v) is 1.49. The Morgan fingerprint density at radius 2 is 2.24 bits per heavy atom. The number of methoxy groups -OCH3 is 1. The van der Waals surface area contributed by atoms with Crippen LogP contribution in [-0.2, 0) is 4.79 Å². The molecule has 5 nitrogen and oxygen atoms in total. The van der Waals surface area contributed by atoms with E-state index in [1.54, 1.807) is 0 Å². The smallest absolute Gasteiger partial charge is 0.303 e. The van der Waals surface area contributed by atoms with E-state index in [9.17, 15) is 14.3 Å². The number of nitrogens with two attached hydrogens (primary N) is 1. The number of ether oxygens (including phenoxy) is 1. The van der Waals surface area contributed by atoms with Gasteiger partial charge in [0, 0.05) is 18.0 Å². The van der Waals surface area contributed by atoms with Gasteiger partial charge in [0.2, 0.25) is 0 Å². The Kier molecular flexibility index (Phi) is 4.28. The standard InChI is InChI=1S/C11H14FNO4/c1-17-11-7(12)3-2-6(10(11)16)8(13)4-5-9(14)15/h2-3,8,16H,4-5,13H2,1H3,(H,14,15). The van der Waals surface area contributed by atoms with E-state index in [1.807, 2.05) is 0 Å². The number of carboxylic acid groups (broad SMARTS) is 1. The molecule has 0 aromatic heterocycles. The number of hydrogen-bond donors (Lipinski definition) is 3. The molecule has 17 heavy (non-hydrogen) atoms. The van der Waals surface area contributed by atoms with Crippen LogP contribution in [0.1, 0.15) is 24.4 Å². The van der Waals surface area contributed by atoms with Crippen LogP contribution >= 0.6 is 0 Å². The van der Waals surface area contributed by atoms with Crippen molar-refractivity contribution in [1.82, 2.24) is 0 Å². The van der Waals surface area contributed by atoms with Crippen LogP contribution in [0.3, 0.4) is 0 Å². The first-order chi connectivity index (χ1) is 7.97. The van der Waals surface area contributed by atoms with E-state index in [0.29, 0.717) is 0 Å². The molecular weight excluding hydrogens is 229 g/mol.